The molecule has 0 spiro atoms. The van der Waals surface area contributed by atoms with Crippen LogP contribution in [0.25, 0.3) is 0 Å². The lowest BCUT2D eigenvalue weighted by molar-refractivity contribution is -0.124. The monoisotopic (exact) mass is 267 g/mol. The van der Waals surface area contributed by atoms with Gasteiger partial charge >= 0.3 is 0 Å². The summed E-state index contributed by atoms with van der Waals surface area (Å²) in [6.45, 7) is 4.31. The number of carbonyl (C=O) groups is 1. The fourth-order valence-electron chi connectivity index (χ4n) is 2.60. The van der Waals surface area contributed by atoms with Crippen molar-refractivity contribution < 1.29 is 4.79 Å². The molecule has 1 aliphatic rings. The Hall–Kier alpha value is -1.16. The highest BCUT2D eigenvalue weighted by molar-refractivity contribution is 6.29. The van der Waals surface area contributed by atoms with E-state index in [0.29, 0.717) is 5.82 Å². The normalized spacial score (nSPS) is 22.5. The Balaban J connectivity index is 2.07. The molecule has 1 aromatic rings. The maximum atomic E-state index is 12.3. The number of rotatable bonds is 2. The molecule has 98 valence electrons. The number of amides is 1. The number of hydrogen-bond acceptors (Lipinski definition) is 3. The van der Waals surface area contributed by atoms with Crippen LogP contribution in [0.15, 0.2) is 12.4 Å². The van der Waals surface area contributed by atoms with Crippen LogP contribution in [0.1, 0.15) is 39.5 Å². The van der Waals surface area contributed by atoms with E-state index in [1.165, 1.54) is 18.8 Å². The van der Waals surface area contributed by atoms with Crippen molar-refractivity contribution in [2.24, 2.45) is 11.3 Å². The maximum absolute atomic E-state index is 12.3. The molecule has 0 aliphatic heterocycles. The molecule has 1 aromatic heterocycles. The standard InChI is InChI=1S/C13H18ClN3O/c1-13(2)6-4-3-5-9(13)12(18)17-11-8-15-7-10(14)16-11/h7-9H,3-6H2,1-2H3,(H,16,17,18). The van der Waals surface area contributed by atoms with E-state index in [0.717, 1.165) is 19.3 Å². The zero-order chi connectivity index (χ0) is 13.2. The fourth-order valence-corrected chi connectivity index (χ4v) is 2.74. The van der Waals surface area contributed by atoms with Crippen molar-refractivity contribution in [1.82, 2.24) is 9.97 Å². The minimum Gasteiger partial charge on any atom is -0.309 e. The van der Waals surface area contributed by atoms with E-state index in [2.05, 4.69) is 29.1 Å². The lowest BCUT2D eigenvalue weighted by Crippen LogP contribution is -2.37. The van der Waals surface area contributed by atoms with E-state index in [9.17, 15) is 4.79 Å². The van der Waals surface area contributed by atoms with E-state index in [-0.39, 0.29) is 22.4 Å². The second kappa shape index (κ2) is 5.22. The SMILES string of the molecule is CC1(C)CCCCC1C(=O)Nc1cncc(Cl)n1. The molecule has 1 unspecified atom stereocenters. The number of aromatic nitrogens is 2. The Bertz CT molecular complexity index is 448. The van der Waals surface area contributed by atoms with Crippen molar-refractivity contribution in [1.29, 1.82) is 0 Å². The molecule has 2 rings (SSSR count). The van der Waals surface area contributed by atoms with Crippen LogP contribution in [0.4, 0.5) is 5.82 Å². The zero-order valence-electron chi connectivity index (χ0n) is 10.7. The van der Waals surface area contributed by atoms with Gasteiger partial charge in [0.1, 0.15) is 5.15 Å². The van der Waals surface area contributed by atoms with Gasteiger partial charge in [0.15, 0.2) is 5.82 Å². The summed E-state index contributed by atoms with van der Waals surface area (Å²) in [5, 5.41) is 3.10. The Morgan fingerprint density at radius 1 is 1.44 bits per heavy atom. The predicted molar refractivity (Wildman–Crippen MR) is 71.4 cm³/mol. The second-order valence-electron chi connectivity index (χ2n) is 5.50. The van der Waals surface area contributed by atoms with Gasteiger partial charge in [0.25, 0.3) is 0 Å². The third kappa shape index (κ3) is 2.99. The van der Waals surface area contributed by atoms with Crippen LogP contribution in [0.5, 0.6) is 0 Å². The van der Waals surface area contributed by atoms with Crippen molar-refractivity contribution in [3.05, 3.63) is 17.5 Å². The summed E-state index contributed by atoms with van der Waals surface area (Å²) in [5.41, 5.74) is 0.0499. The largest absolute Gasteiger partial charge is 0.309 e. The van der Waals surface area contributed by atoms with Crippen molar-refractivity contribution >= 4 is 23.3 Å². The molecule has 1 N–H and O–H groups in total. The van der Waals surface area contributed by atoms with Crippen LogP contribution < -0.4 is 5.32 Å². The summed E-state index contributed by atoms with van der Waals surface area (Å²) in [6, 6.07) is 0. The minimum absolute atomic E-state index is 0.0243. The molecular weight excluding hydrogens is 250 g/mol. The molecule has 18 heavy (non-hydrogen) atoms. The average molecular weight is 268 g/mol. The topological polar surface area (TPSA) is 54.9 Å². The number of halogens is 1. The highest BCUT2D eigenvalue weighted by Gasteiger charge is 2.37. The summed E-state index contributed by atoms with van der Waals surface area (Å²) in [4.78, 5) is 20.2. The van der Waals surface area contributed by atoms with Gasteiger partial charge in [-0.25, -0.2) is 4.98 Å². The summed E-state index contributed by atoms with van der Waals surface area (Å²) in [5.74, 6) is 0.483. The van der Waals surface area contributed by atoms with Gasteiger partial charge in [-0.1, -0.05) is 38.3 Å². The molecule has 1 heterocycles. The van der Waals surface area contributed by atoms with Crippen LogP contribution in [0.3, 0.4) is 0 Å². The van der Waals surface area contributed by atoms with E-state index < -0.39 is 0 Å². The Morgan fingerprint density at radius 3 is 2.89 bits per heavy atom. The van der Waals surface area contributed by atoms with Gasteiger partial charge in [0, 0.05) is 5.92 Å². The van der Waals surface area contributed by atoms with E-state index in [4.69, 9.17) is 11.6 Å². The molecule has 1 aliphatic carbocycles. The van der Waals surface area contributed by atoms with Gasteiger partial charge in [-0.05, 0) is 18.3 Å². The molecule has 0 aromatic carbocycles. The molecular formula is C13H18ClN3O. The Morgan fingerprint density at radius 2 is 2.22 bits per heavy atom. The first-order valence-electron chi connectivity index (χ1n) is 6.27. The van der Waals surface area contributed by atoms with Crippen molar-refractivity contribution in [2.75, 3.05) is 5.32 Å². The Kier molecular flexibility index (Phi) is 3.85. The lowest BCUT2D eigenvalue weighted by atomic mass is 9.68. The summed E-state index contributed by atoms with van der Waals surface area (Å²) in [6.07, 6.45) is 7.30. The first-order chi connectivity index (χ1) is 8.49. The molecule has 1 saturated carbocycles. The van der Waals surface area contributed by atoms with E-state index in [1.54, 1.807) is 0 Å². The summed E-state index contributed by atoms with van der Waals surface area (Å²) < 4.78 is 0. The van der Waals surface area contributed by atoms with Crippen LogP contribution in [0.2, 0.25) is 5.15 Å². The highest BCUT2D eigenvalue weighted by atomic mass is 35.5. The zero-order valence-corrected chi connectivity index (χ0v) is 11.5. The molecule has 0 bridgehead atoms. The van der Waals surface area contributed by atoms with E-state index >= 15 is 0 Å². The number of anilines is 1. The van der Waals surface area contributed by atoms with Gasteiger partial charge in [-0.2, -0.15) is 0 Å². The number of hydrogen-bond donors (Lipinski definition) is 1. The number of carbonyl (C=O) groups excluding carboxylic acids is 1. The average Bonchev–Trinajstić information content (AvgIpc) is 2.28. The smallest absolute Gasteiger partial charge is 0.229 e. The summed E-state index contributed by atoms with van der Waals surface area (Å²) in [7, 11) is 0. The molecule has 5 heteroatoms. The lowest BCUT2D eigenvalue weighted by Gasteiger charge is -2.37. The third-order valence-corrected chi connectivity index (χ3v) is 3.86. The van der Waals surface area contributed by atoms with Gasteiger partial charge < -0.3 is 5.32 Å². The molecule has 1 amide bonds. The molecule has 0 saturated heterocycles. The molecule has 0 radical (unpaired) electrons. The Labute approximate surface area is 112 Å². The third-order valence-electron chi connectivity index (χ3n) is 3.68. The van der Waals surface area contributed by atoms with Crippen molar-refractivity contribution in [3.8, 4) is 0 Å². The van der Waals surface area contributed by atoms with Gasteiger partial charge in [-0.3, -0.25) is 9.78 Å². The predicted octanol–water partition coefficient (Wildman–Crippen LogP) is 3.28. The van der Waals surface area contributed by atoms with Crippen molar-refractivity contribution in [2.45, 2.75) is 39.5 Å². The van der Waals surface area contributed by atoms with Crippen LogP contribution in [0, 0.1) is 11.3 Å². The fraction of sp³-hybridized carbons (Fsp3) is 0.615. The first-order valence-corrected chi connectivity index (χ1v) is 6.65. The number of nitrogens with one attached hydrogen (secondary N) is 1. The quantitative estimate of drug-likeness (QED) is 0.895. The van der Waals surface area contributed by atoms with Gasteiger partial charge in [0.2, 0.25) is 5.91 Å². The maximum Gasteiger partial charge on any atom is 0.229 e. The second-order valence-corrected chi connectivity index (χ2v) is 5.89. The van der Waals surface area contributed by atoms with Crippen molar-refractivity contribution in [3.63, 3.8) is 0 Å². The minimum atomic E-state index is 0.0243. The van der Waals surface area contributed by atoms with Crippen LogP contribution >= 0.6 is 11.6 Å². The van der Waals surface area contributed by atoms with Gasteiger partial charge in [0.05, 0.1) is 12.4 Å². The van der Waals surface area contributed by atoms with Crippen LogP contribution in [-0.2, 0) is 4.79 Å². The first kappa shape index (κ1) is 13.3. The summed E-state index contributed by atoms with van der Waals surface area (Å²) >= 11 is 5.75. The molecule has 4 nitrogen and oxygen atoms in total. The highest BCUT2D eigenvalue weighted by Crippen LogP contribution is 2.40. The van der Waals surface area contributed by atoms with Crippen LogP contribution in [-0.4, -0.2) is 15.9 Å². The van der Waals surface area contributed by atoms with Gasteiger partial charge in [-0.15, -0.1) is 0 Å². The molecule has 1 atom stereocenters. The number of nitrogens with zero attached hydrogens (tertiary/aromatic N) is 2. The van der Waals surface area contributed by atoms with E-state index in [1.807, 2.05) is 0 Å². The molecule has 1 fully saturated rings.